The Hall–Kier alpha value is -1.87. The first-order valence-corrected chi connectivity index (χ1v) is 6.29. The molecule has 0 aliphatic carbocycles. The van der Waals surface area contributed by atoms with Gasteiger partial charge >= 0.3 is 0 Å². The minimum absolute atomic E-state index is 0.902. The zero-order valence-corrected chi connectivity index (χ0v) is 10.2. The highest BCUT2D eigenvalue weighted by molar-refractivity contribution is 7.07. The average molecular weight is 241 g/mol. The van der Waals surface area contributed by atoms with E-state index in [1.807, 2.05) is 23.7 Å². The van der Waals surface area contributed by atoms with Crippen LogP contribution in [0.2, 0.25) is 0 Å². The molecular formula is C14H11NOS. The Balaban J connectivity index is 2.34. The van der Waals surface area contributed by atoms with Gasteiger partial charge < -0.3 is 4.74 Å². The maximum Gasteiger partial charge on any atom is 0.126 e. The van der Waals surface area contributed by atoms with Crippen molar-refractivity contribution in [1.82, 2.24) is 4.98 Å². The summed E-state index contributed by atoms with van der Waals surface area (Å²) in [7, 11) is 1.70. The van der Waals surface area contributed by atoms with Crippen LogP contribution in [0.4, 0.5) is 0 Å². The van der Waals surface area contributed by atoms with Crippen molar-refractivity contribution in [2.24, 2.45) is 0 Å². The predicted octanol–water partition coefficient (Wildman–Crippen LogP) is 3.97. The molecule has 17 heavy (non-hydrogen) atoms. The molecule has 3 heteroatoms. The molecule has 3 aromatic rings. The number of nitrogens with zero attached hydrogens (tertiary/aromatic N) is 1. The molecule has 0 saturated carbocycles. The Kier molecular flexibility index (Phi) is 2.53. The van der Waals surface area contributed by atoms with Crippen LogP contribution in [0.3, 0.4) is 0 Å². The summed E-state index contributed by atoms with van der Waals surface area (Å²) in [5, 5.41) is 4.37. The Labute approximate surface area is 104 Å². The first kappa shape index (κ1) is 10.3. The lowest BCUT2D eigenvalue weighted by Gasteiger charge is -2.08. The molecule has 84 valence electrons. The first-order valence-electron chi connectivity index (χ1n) is 5.34. The number of fused-ring (bicyclic) bond motifs is 1. The van der Waals surface area contributed by atoms with Crippen molar-refractivity contribution in [2.45, 2.75) is 0 Å². The van der Waals surface area contributed by atoms with E-state index in [2.05, 4.69) is 28.6 Å². The van der Waals surface area contributed by atoms with E-state index < -0.39 is 0 Å². The normalized spacial score (nSPS) is 10.6. The van der Waals surface area contributed by atoms with Crippen LogP contribution in [-0.4, -0.2) is 12.1 Å². The van der Waals surface area contributed by atoms with E-state index in [9.17, 15) is 0 Å². The van der Waals surface area contributed by atoms with Gasteiger partial charge in [0.05, 0.1) is 18.3 Å². The molecule has 0 radical (unpaired) electrons. The molecule has 0 atom stereocenters. The van der Waals surface area contributed by atoms with Crippen LogP contribution in [0.5, 0.6) is 5.75 Å². The van der Waals surface area contributed by atoms with Gasteiger partial charge in [0, 0.05) is 16.3 Å². The smallest absolute Gasteiger partial charge is 0.126 e. The van der Waals surface area contributed by atoms with Gasteiger partial charge in [-0.2, -0.15) is 0 Å². The number of aromatic nitrogens is 1. The lowest BCUT2D eigenvalue weighted by atomic mass is 10.0. The molecule has 0 amide bonds. The Morgan fingerprint density at radius 1 is 1.06 bits per heavy atom. The monoisotopic (exact) mass is 241 g/mol. The minimum Gasteiger partial charge on any atom is -0.496 e. The second kappa shape index (κ2) is 4.18. The third-order valence-corrected chi connectivity index (χ3v) is 3.40. The molecule has 3 rings (SSSR count). The second-order valence-electron chi connectivity index (χ2n) is 3.73. The summed E-state index contributed by atoms with van der Waals surface area (Å²) in [5.74, 6) is 0.902. The van der Waals surface area contributed by atoms with Crippen LogP contribution in [-0.2, 0) is 0 Å². The molecule has 2 nitrogen and oxygen atoms in total. The lowest BCUT2D eigenvalue weighted by molar-refractivity contribution is 0.420. The van der Waals surface area contributed by atoms with Crippen molar-refractivity contribution in [3.05, 3.63) is 47.3 Å². The number of thiazole rings is 1. The molecule has 1 heterocycles. The van der Waals surface area contributed by atoms with Crippen molar-refractivity contribution in [3.63, 3.8) is 0 Å². The molecule has 0 unspecified atom stereocenters. The van der Waals surface area contributed by atoms with E-state index in [-0.39, 0.29) is 0 Å². The molecule has 0 spiro atoms. The average Bonchev–Trinajstić information content (AvgIpc) is 2.91. The third-order valence-electron chi connectivity index (χ3n) is 2.81. The highest BCUT2D eigenvalue weighted by Gasteiger charge is 2.08. The maximum absolute atomic E-state index is 5.38. The van der Waals surface area contributed by atoms with Gasteiger partial charge in [-0.1, -0.05) is 24.3 Å². The lowest BCUT2D eigenvalue weighted by Crippen LogP contribution is -1.87. The minimum atomic E-state index is 0.902. The fourth-order valence-corrected chi connectivity index (χ4v) is 2.57. The molecular weight excluding hydrogens is 230 g/mol. The zero-order chi connectivity index (χ0) is 11.7. The maximum atomic E-state index is 5.38. The molecule has 2 aromatic carbocycles. The number of hydrogen-bond donors (Lipinski definition) is 0. The van der Waals surface area contributed by atoms with Gasteiger partial charge in [-0.05, 0) is 17.5 Å². The summed E-state index contributed by atoms with van der Waals surface area (Å²) in [6.07, 6.45) is 0. The summed E-state index contributed by atoms with van der Waals surface area (Å²) in [6, 6.07) is 12.3. The van der Waals surface area contributed by atoms with Crippen LogP contribution in [0.1, 0.15) is 0 Å². The van der Waals surface area contributed by atoms with Gasteiger partial charge in [0.2, 0.25) is 0 Å². The second-order valence-corrected chi connectivity index (χ2v) is 4.45. The highest BCUT2D eigenvalue weighted by atomic mass is 32.1. The van der Waals surface area contributed by atoms with Gasteiger partial charge in [-0.25, -0.2) is 4.98 Å². The molecule has 0 fully saturated rings. The van der Waals surface area contributed by atoms with Crippen LogP contribution in [0.15, 0.2) is 47.3 Å². The quantitative estimate of drug-likeness (QED) is 0.677. The predicted molar refractivity (Wildman–Crippen MR) is 71.6 cm³/mol. The van der Waals surface area contributed by atoms with Gasteiger partial charge in [-0.15, -0.1) is 11.3 Å². The van der Waals surface area contributed by atoms with E-state index in [0.29, 0.717) is 0 Å². The van der Waals surface area contributed by atoms with Crippen molar-refractivity contribution in [3.8, 4) is 17.0 Å². The number of ether oxygens (including phenoxy) is 1. The van der Waals surface area contributed by atoms with E-state index >= 15 is 0 Å². The van der Waals surface area contributed by atoms with Crippen molar-refractivity contribution in [2.75, 3.05) is 7.11 Å². The van der Waals surface area contributed by atoms with Crippen molar-refractivity contribution in [1.29, 1.82) is 0 Å². The van der Waals surface area contributed by atoms with Gasteiger partial charge in [0.15, 0.2) is 0 Å². The number of rotatable bonds is 2. The van der Waals surface area contributed by atoms with Crippen LogP contribution in [0, 0.1) is 0 Å². The summed E-state index contributed by atoms with van der Waals surface area (Å²) in [6.45, 7) is 0. The molecule has 0 saturated heterocycles. The van der Waals surface area contributed by atoms with E-state index in [1.165, 1.54) is 5.39 Å². The molecule has 0 aliphatic rings. The van der Waals surface area contributed by atoms with E-state index in [4.69, 9.17) is 4.74 Å². The van der Waals surface area contributed by atoms with Crippen LogP contribution < -0.4 is 4.74 Å². The van der Waals surface area contributed by atoms with E-state index in [0.717, 1.165) is 22.4 Å². The highest BCUT2D eigenvalue weighted by Crippen LogP contribution is 2.33. The summed E-state index contributed by atoms with van der Waals surface area (Å²) >= 11 is 1.61. The summed E-state index contributed by atoms with van der Waals surface area (Å²) in [4.78, 5) is 4.37. The van der Waals surface area contributed by atoms with Gasteiger partial charge in [0.1, 0.15) is 5.75 Å². The molecule has 1 aromatic heterocycles. The van der Waals surface area contributed by atoms with Crippen LogP contribution >= 0.6 is 11.3 Å². The van der Waals surface area contributed by atoms with Gasteiger partial charge in [-0.3, -0.25) is 0 Å². The first-order chi connectivity index (χ1) is 8.40. The fourth-order valence-electron chi connectivity index (χ4n) is 2.02. The fraction of sp³-hybridized carbons (Fsp3) is 0.0714. The van der Waals surface area contributed by atoms with Gasteiger partial charge in [0.25, 0.3) is 0 Å². The van der Waals surface area contributed by atoms with Crippen molar-refractivity contribution >= 4 is 22.1 Å². The summed E-state index contributed by atoms with van der Waals surface area (Å²) in [5.41, 5.74) is 4.03. The molecule has 0 aliphatic heterocycles. The molecule has 0 bridgehead atoms. The van der Waals surface area contributed by atoms with E-state index in [1.54, 1.807) is 18.4 Å². The largest absolute Gasteiger partial charge is 0.496 e. The number of hydrogen-bond acceptors (Lipinski definition) is 3. The topological polar surface area (TPSA) is 22.1 Å². The SMILES string of the molecule is COc1ccc(-c2cscn2)c2ccccc12. The summed E-state index contributed by atoms with van der Waals surface area (Å²) < 4.78 is 5.38. The number of methoxy groups -OCH3 is 1. The van der Waals surface area contributed by atoms with Crippen molar-refractivity contribution < 1.29 is 4.74 Å². The molecule has 0 N–H and O–H groups in total. The third kappa shape index (κ3) is 1.68. The number of benzene rings is 2. The Morgan fingerprint density at radius 3 is 2.59 bits per heavy atom. The Bertz CT molecular complexity index is 646. The Morgan fingerprint density at radius 2 is 1.88 bits per heavy atom. The van der Waals surface area contributed by atoms with Crippen LogP contribution in [0.25, 0.3) is 22.0 Å². The zero-order valence-electron chi connectivity index (χ0n) is 9.38. The standard InChI is InChI=1S/C14H11NOS/c1-16-14-7-6-11(13-8-17-9-15-13)10-4-2-3-5-12(10)14/h2-9H,1H3.